The van der Waals surface area contributed by atoms with Gasteiger partial charge in [-0.3, -0.25) is 0 Å². The van der Waals surface area contributed by atoms with Crippen molar-refractivity contribution in [1.29, 1.82) is 5.26 Å². The van der Waals surface area contributed by atoms with E-state index < -0.39 is 5.82 Å². The van der Waals surface area contributed by atoms with E-state index >= 15 is 0 Å². The van der Waals surface area contributed by atoms with Crippen LogP contribution in [0.1, 0.15) is 5.82 Å². The molecule has 0 aromatic carbocycles. The van der Waals surface area contributed by atoms with Gasteiger partial charge in [0.2, 0.25) is 0 Å². The zero-order chi connectivity index (χ0) is 9.97. The molecule has 0 unspecified atom stereocenters. The predicted molar refractivity (Wildman–Crippen MR) is 43.8 cm³/mol. The second-order valence-electron chi connectivity index (χ2n) is 2.43. The molecule has 0 saturated heterocycles. The predicted octanol–water partition coefficient (Wildman–Crippen LogP) is 0.673. The van der Waals surface area contributed by atoms with Gasteiger partial charge in [0.25, 0.3) is 5.82 Å². The van der Waals surface area contributed by atoms with Crippen molar-refractivity contribution >= 4 is 0 Å². The second-order valence-corrected chi connectivity index (χ2v) is 2.43. The topological polar surface area (TPSA) is 67.4 Å². The van der Waals surface area contributed by atoms with E-state index in [1.165, 1.54) is 24.7 Å². The lowest BCUT2D eigenvalue weighted by molar-refractivity contribution is 0.600. The molecule has 0 bridgehead atoms. The van der Waals surface area contributed by atoms with E-state index in [-0.39, 0.29) is 11.6 Å². The van der Waals surface area contributed by atoms with Crippen LogP contribution in [-0.4, -0.2) is 19.7 Å². The minimum Gasteiger partial charge on any atom is -0.235 e. The first-order chi connectivity index (χ1) is 6.81. The Labute approximate surface area is 78.5 Å². The Balaban J connectivity index is 2.51. The average Bonchev–Trinajstić information content (AvgIpc) is 2.67. The number of pyridine rings is 1. The smallest absolute Gasteiger partial charge is 0.235 e. The van der Waals surface area contributed by atoms with Gasteiger partial charge in [-0.1, -0.05) is 0 Å². The maximum atomic E-state index is 13.2. The quantitative estimate of drug-likeness (QED) is 0.661. The Morgan fingerprint density at radius 3 is 2.93 bits per heavy atom. The van der Waals surface area contributed by atoms with Crippen molar-refractivity contribution in [3.63, 3.8) is 0 Å². The summed E-state index contributed by atoms with van der Waals surface area (Å²) in [7, 11) is 0. The molecule has 0 fully saturated rings. The van der Waals surface area contributed by atoms with E-state index in [1.54, 1.807) is 6.07 Å². The molecule has 0 aliphatic rings. The van der Waals surface area contributed by atoms with Gasteiger partial charge in [-0.25, -0.2) is 14.4 Å². The fraction of sp³-hybridized carbons (Fsp3) is 0. The molecule has 6 heteroatoms. The highest BCUT2D eigenvalue weighted by molar-refractivity contribution is 5.22. The van der Waals surface area contributed by atoms with Crippen LogP contribution in [0.15, 0.2) is 24.7 Å². The van der Waals surface area contributed by atoms with E-state index in [1.807, 2.05) is 0 Å². The molecule has 14 heavy (non-hydrogen) atoms. The third-order valence-corrected chi connectivity index (χ3v) is 1.55. The Bertz CT molecular complexity index is 498. The van der Waals surface area contributed by atoms with Gasteiger partial charge in [0.1, 0.15) is 12.4 Å². The van der Waals surface area contributed by atoms with E-state index in [0.29, 0.717) is 0 Å². The molecular formula is C8H4FN5. The average molecular weight is 189 g/mol. The maximum Gasteiger partial charge on any atom is 0.252 e. The summed E-state index contributed by atoms with van der Waals surface area (Å²) in [6, 6.07) is 4.48. The van der Waals surface area contributed by atoms with Crippen molar-refractivity contribution in [2.24, 2.45) is 0 Å². The first-order valence-corrected chi connectivity index (χ1v) is 3.74. The van der Waals surface area contributed by atoms with Gasteiger partial charge in [-0.2, -0.15) is 9.94 Å². The molecule has 0 amide bonds. The molecule has 0 N–H and O–H groups in total. The highest BCUT2D eigenvalue weighted by Crippen LogP contribution is 2.06. The van der Waals surface area contributed by atoms with Crippen LogP contribution in [0.4, 0.5) is 4.39 Å². The Hall–Kier alpha value is -2.29. The van der Waals surface area contributed by atoms with Gasteiger partial charge in [-0.15, -0.1) is 5.10 Å². The van der Waals surface area contributed by atoms with Gasteiger partial charge in [0, 0.05) is 6.20 Å². The lowest BCUT2D eigenvalue weighted by Crippen LogP contribution is -2.01. The molecule has 0 aliphatic carbocycles. The number of rotatable bonds is 1. The van der Waals surface area contributed by atoms with E-state index in [0.717, 1.165) is 4.68 Å². The van der Waals surface area contributed by atoms with Crippen molar-refractivity contribution in [2.75, 3.05) is 0 Å². The Morgan fingerprint density at radius 2 is 2.29 bits per heavy atom. The van der Waals surface area contributed by atoms with Crippen LogP contribution in [-0.2, 0) is 0 Å². The van der Waals surface area contributed by atoms with Crippen LogP contribution in [0.25, 0.3) is 5.82 Å². The lowest BCUT2D eigenvalue weighted by atomic mass is 10.4. The second kappa shape index (κ2) is 3.22. The van der Waals surface area contributed by atoms with Crippen molar-refractivity contribution in [3.05, 3.63) is 36.3 Å². The fourth-order valence-corrected chi connectivity index (χ4v) is 0.962. The maximum absolute atomic E-state index is 13.2. The minimum absolute atomic E-state index is 0.0185. The molecule has 0 radical (unpaired) electrons. The monoisotopic (exact) mass is 189 g/mol. The molecule has 2 heterocycles. The highest BCUT2D eigenvalue weighted by Gasteiger charge is 2.07. The number of hydrogen-bond donors (Lipinski definition) is 0. The zero-order valence-electron chi connectivity index (χ0n) is 6.92. The van der Waals surface area contributed by atoms with Crippen molar-refractivity contribution < 1.29 is 4.39 Å². The summed E-state index contributed by atoms with van der Waals surface area (Å²) >= 11 is 0. The molecule has 2 aromatic heterocycles. The minimum atomic E-state index is -0.512. The van der Waals surface area contributed by atoms with Crippen molar-refractivity contribution in [2.45, 2.75) is 0 Å². The Morgan fingerprint density at radius 1 is 1.43 bits per heavy atom. The summed E-state index contributed by atoms with van der Waals surface area (Å²) in [6.45, 7) is 0. The number of halogens is 1. The summed E-state index contributed by atoms with van der Waals surface area (Å²) in [4.78, 5) is 7.41. The molecule has 2 rings (SSSR count). The van der Waals surface area contributed by atoms with Gasteiger partial charge in [0.05, 0.1) is 0 Å². The molecule has 0 atom stereocenters. The molecule has 0 saturated carbocycles. The number of nitriles is 1. The molecule has 5 nitrogen and oxygen atoms in total. The van der Waals surface area contributed by atoms with Crippen LogP contribution >= 0.6 is 0 Å². The number of aromatic nitrogens is 4. The van der Waals surface area contributed by atoms with Crippen LogP contribution in [0.5, 0.6) is 0 Å². The van der Waals surface area contributed by atoms with E-state index in [2.05, 4.69) is 15.1 Å². The SMILES string of the molecule is N#Cc1ncn(-c2ncccc2F)n1. The van der Waals surface area contributed by atoms with Gasteiger partial charge < -0.3 is 0 Å². The first-order valence-electron chi connectivity index (χ1n) is 3.74. The summed E-state index contributed by atoms with van der Waals surface area (Å²) in [5.74, 6) is -0.501. The normalized spacial score (nSPS) is 9.71. The largest absolute Gasteiger partial charge is 0.252 e. The molecule has 0 aliphatic heterocycles. The van der Waals surface area contributed by atoms with Crippen LogP contribution in [0.2, 0.25) is 0 Å². The summed E-state index contributed by atoms with van der Waals surface area (Å²) < 4.78 is 14.3. The molecule has 0 spiro atoms. The Kier molecular flexibility index (Phi) is 1.91. The van der Waals surface area contributed by atoms with Gasteiger partial charge >= 0.3 is 0 Å². The first kappa shape index (κ1) is 8.31. The van der Waals surface area contributed by atoms with Crippen molar-refractivity contribution in [3.8, 4) is 11.9 Å². The van der Waals surface area contributed by atoms with E-state index in [4.69, 9.17) is 5.26 Å². The molecule has 2 aromatic rings. The number of hydrogen-bond acceptors (Lipinski definition) is 4. The summed E-state index contributed by atoms with van der Waals surface area (Å²) in [5.41, 5.74) is 0. The molecular weight excluding hydrogens is 185 g/mol. The van der Waals surface area contributed by atoms with Gasteiger partial charge in [-0.05, 0) is 12.1 Å². The number of nitrogens with zero attached hydrogens (tertiary/aromatic N) is 5. The van der Waals surface area contributed by atoms with Crippen LogP contribution in [0.3, 0.4) is 0 Å². The molecule has 68 valence electrons. The summed E-state index contributed by atoms with van der Waals surface area (Å²) in [5, 5.41) is 12.2. The van der Waals surface area contributed by atoms with Crippen LogP contribution < -0.4 is 0 Å². The third-order valence-electron chi connectivity index (χ3n) is 1.55. The standard InChI is InChI=1S/C8H4FN5/c9-6-2-1-3-11-8(6)14-5-12-7(4-10)13-14/h1-3,5H. The lowest BCUT2D eigenvalue weighted by Gasteiger charge is -1.98. The van der Waals surface area contributed by atoms with Crippen molar-refractivity contribution in [1.82, 2.24) is 19.7 Å². The van der Waals surface area contributed by atoms with Crippen LogP contribution in [0, 0.1) is 17.1 Å². The van der Waals surface area contributed by atoms with E-state index in [9.17, 15) is 4.39 Å². The third kappa shape index (κ3) is 1.31. The highest BCUT2D eigenvalue weighted by atomic mass is 19.1. The van der Waals surface area contributed by atoms with Gasteiger partial charge in [0.15, 0.2) is 11.6 Å². The zero-order valence-corrected chi connectivity index (χ0v) is 6.92. The fourth-order valence-electron chi connectivity index (χ4n) is 0.962. The summed E-state index contributed by atoms with van der Waals surface area (Å²) in [6.07, 6.45) is 2.68.